The molecular formula is C14H22. The van der Waals surface area contributed by atoms with Gasteiger partial charge in [0.2, 0.25) is 0 Å². The molecule has 0 heterocycles. The zero-order valence-electron chi connectivity index (χ0n) is 9.55. The highest BCUT2D eigenvalue weighted by Crippen LogP contribution is 2.11. The van der Waals surface area contributed by atoms with Crippen LogP contribution in [0.15, 0.2) is 35.5 Å². The summed E-state index contributed by atoms with van der Waals surface area (Å²) in [6.07, 6.45) is 17.2. The first kappa shape index (κ1) is 11.3. The average molecular weight is 190 g/mol. The van der Waals surface area contributed by atoms with Crippen molar-refractivity contribution < 1.29 is 0 Å². The first-order chi connectivity index (χ1) is 6.79. The molecule has 0 aromatic heterocycles. The maximum Gasteiger partial charge on any atom is -0.0345 e. The molecule has 1 aliphatic rings. The van der Waals surface area contributed by atoms with Crippen LogP contribution >= 0.6 is 0 Å². The zero-order valence-corrected chi connectivity index (χ0v) is 9.55. The summed E-state index contributed by atoms with van der Waals surface area (Å²) in [4.78, 5) is 0. The van der Waals surface area contributed by atoms with E-state index in [1.807, 2.05) is 0 Å². The van der Waals surface area contributed by atoms with Crippen LogP contribution in [0, 0.1) is 0 Å². The van der Waals surface area contributed by atoms with Crippen LogP contribution in [0.5, 0.6) is 0 Å². The van der Waals surface area contributed by atoms with Crippen molar-refractivity contribution in [3.8, 4) is 0 Å². The molecule has 0 fully saturated rings. The van der Waals surface area contributed by atoms with Gasteiger partial charge in [0.15, 0.2) is 0 Å². The monoisotopic (exact) mass is 190 g/mol. The van der Waals surface area contributed by atoms with Crippen LogP contribution in [0.2, 0.25) is 0 Å². The van der Waals surface area contributed by atoms with E-state index in [2.05, 4.69) is 38.2 Å². The second kappa shape index (κ2) is 6.64. The van der Waals surface area contributed by atoms with E-state index in [-0.39, 0.29) is 0 Å². The van der Waals surface area contributed by atoms with Gasteiger partial charge in [0.05, 0.1) is 0 Å². The van der Waals surface area contributed by atoms with Crippen molar-refractivity contribution in [1.29, 1.82) is 0 Å². The van der Waals surface area contributed by atoms with E-state index in [1.54, 1.807) is 0 Å². The molecule has 0 aromatic carbocycles. The molecule has 0 nitrogen and oxygen atoms in total. The van der Waals surface area contributed by atoms with Gasteiger partial charge in [-0.1, -0.05) is 48.3 Å². The molecule has 0 aromatic rings. The number of hydrogen-bond acceptors (Lipinski definition) is 0. The van der Waals surface area contributed by atoms with Gasteiger partial charge in [-0.15, -0.1) is 0 Å². The van der Waals surface area contributed by atoms with E-state index in [0.717, 1.165) is 0 Å². The molecule has 14 heavy (non-hydrogen) atoms. The Hall–Kier alpha value is -0.780. The maximum absolute atomic E-state index is 2.36. The average Bonchev–Trinajstić information content (AvgIpc) is 2.13. The van der Waals surface area contributed by atoms with Crippen molar-refractivity contribution in [1.82, 2.24) is 0 Å². The van der Waals surface area contributed by atoms with E-state index < -0.39 is 0 Å². The van der Waals surface area contributed by atoms with Crippen LogP contribution < -0.4 is 0 Å². The molecule has 0 aliphatic heterocycles. The third-order valence-corrected chi connectivity index (χ3v) is 2.63. The van der Waals surface area contributed by atoms with Gasteiger partial charge in [0, 0.05) is 0 Å². The predicted molar refractivity (Wildman–Crippen MR) is 64.4 cm³/mol. The first-order valence-electron chi connectivity index (χ1n) is 5.80. The Morgan fingerprint density at radius 2 is 1.57 bits per heavy atom. The second-order valence-electron chi connectivity index (χ2n) is 4.23. The molecule has 1 rings (SSSR count). The van der Waals surface area contributed by atoms with Gasteiger partial charge in [0.25, 0.3) is 0 Å². The summed E-state index contributed by atoms with van der Waals surface area (Å²) in [7, 11) is 0. The highest BCUT2D eigenvalue weighted by molar-refractivity contribution is 5.27. The van der Waals surface area contributed by atoms with Gasteiger partial charge in [-0.25, -0.2) is 0 Å². The largest absolute Gasteiger partial charge is 0.0843 e. The smallest absolute Gasteiger partial charge is 0.0345 e. The molecule has 1 aliphatic carbocycles. The summed E-state index contributed by atoms with van der Waals surface area (Å²) in [5, 5.41) is 0. The van der Waals surface area contributed by atoms with Crippen molar-refractivity contribution in [2.75, 3.05) is 0 Å². The zero-order chi connectivity index (χ0) is 10.2. The molecule has 0 bridgehead atoms. The SMILES string of the molecule is CC1=CCCCCCC/C=C\C(C)=C1. The summed E-state index contributed by atoms with van der Waals surface area (Å²) < 4.78 is 0. The summed E-state index contributed by atoms with van der Waals surface area (Å²) in [6, 6.07) is 0. The van der Waals surface area contributed by atoms with Crippen LogP contribution in [-0.4, -0.2) is 0 Å². The summed E-state index contributed by atoms with van der Waals surface area (Å²) >= 11 is 0. The van der Waals surface area contributed by atoms with Crippen LogP contribution in [0.1, 0.15) is 52.4 Å². The maximum atomic E-state index is 2.36. The normalized spacial score (nSPS) is 22.7. The van der Waals surface area contributed by atoms with Gasteiger partial charge in [0.1, 0.15) is 0 Å². The Balaban J connectivity index is 2.61. The van der Waals surface area contributed by atoms with Crippen molar-refractivity contribution in [2.45, 2.75) is 52.4 Å². The highest BCUT2D eigenvalue weighted by atomic mass is 14.0. The molecule has 0 saturated heterocycles. The minimum absolute atomic E-state index is 1.24. The lowest BCUT2D eigenvalue weighted by Gasteiger charge is -2.01. The van der Waals surface area contributed by atoms with Gasteiger partial charge < -0.3 is 0 Å². The van der Waals surface area contributed by atoms with E-state index in [9.17, 15) is 0 Å². The fourth-order valence-corrected chi connectivity index (χ4v) is 1.83. The minimum Gasteiger partial charge on any atom is -0.0843 e. The molecule has 0 saturated carbocycles. The summed E-state index contributed by atoms with van der Waals surface area (Å²) in [5.41, 5.74) is 2.78. The molecule has 78 valence electrons. The number of rotatable bonds is 0. The van der Waals surface area contributed by atoms with Gasteiger partial charge in [-0.3, -0.25) is 0 Å². The van der Waals surface area contributed by atoms with Crippen molar-refractivity contribution >= 4 is 0 Å². The van der Waals surface area contributed by atoms with E-state index in [1.165, 1.54) is 49.7 Å². The Labute approximate surface area is 88.4 Å². The molecule has 0 atom stereocenters. The molecule has 0 heteroatoms. The lowest BCUT2D eigenvalue weighted by Crippen LogP contribution is -1.81. The van der Waals surface area contributed by atoms with E-state index in [4.69, 9.17) is 0 Å². The van der Waals surface area contributed by atoms with Crippen molar-refractivity contribution in [3.05, 3.63) is 35.5 Å². The van der Waals surface area contributed by atoms with Crippen LogP contribution in [0.3, 0.4) is 0 Å². The highest BCUT2D eigenvalue weighted by Gasteiger charge is 1.91. The third kappa shape index (κ3) is 5.06. The standard InChI is InChI=1S/C14H22/c1-13-10-8-6-4-3-5-7-9-11-14(2)12-13/h8,10-12H,3-7,9H2,1-2H3/b10-8-,13-12?,14-11?. The van der Waals surface area contributed by atoms with E-state index in [0.29, 0.717) is 0 Å². The van der Waals surface area contributed by atoms with E-state index >= 15 is 0 Å². The lowest BCUT2D eigenvalue weighted by atomic mass is 10.1. The minimum atomic E-state index is 1.24. The Kier molecular flexibility index (Phi) is 5.36. The van der Waals surface area contributed by atoms with Gasteiger partial charge in [-0.2, -0.15) is 0 Å². The summed E-state index contributed by atoms with van der Waals surface area (Å²) in [6.45, 7) is 4.38. The Morgan fingerprint density at radius 3 is 2.36 bits per heavy atom. The molecule has 0 amide bonds. The number of allylic oxidation sites excluding steroid dienone is 6. The topological polar surface area (TPSA) is 0 Å². The third-order valence-electron chi connectivity index (χ3n) is 2.63. The Bertz CT molecular complexity index is 241. The summed E-state index contributed by atoms with van der Waals surface area (Å²) in [5.74, 6) is 0. The fourth-order valence-electron chi connectivity index (χ4n) is 1.83. The quantitative estimate of drug-likeness (QED) is 0.515. The molecule has 0 spiro atoms. The van der Waals surface area contributed by atoms with Crippen LogP contribution in [0.25, 0.3) is 0 Å². The van der Waals surface area contributed by atoms with Crippen LogP contribution in [0.4, 0.5) is 0 Å². The van der Waals surface area contributed by atoms with Crippen LogP contribution in [-0.2, 0) is 0 Å². The molecule has 0 N–H and O–H groups in total. The molecule has 0 radical (unpaired) electrons. The molecular weight excluding hydrogens is 168 g/mol. The van der Waals surface area contributed by atoms with Crippen molar-refractivity contribution in [3.63, 3.8) is 0 Å². The second-order valence-corrected chi connectivity index (χ2v) is 4.23. The Morgan fingerprint density at radius 1 is 0.857 bits per heavy atom. The number of hydrogen-bond donors (Lipinski definition) is 0. The first-order valence-corrected chi connectivity index (χ1v) is 5.80. The van der Waals surface area contributed by atoms with Crippen molar-refractivity contribution in [2.24, 2.45) is 0 Å². The van der Waals surface area contributed by atoms with Gasteiger partial charge >= 0.3 is 0 Å². The lowest BCUT2D eigenvalue weighted by molar-refractivity contribution is 0.651. The fraction of sp³-hybridized carbons (Fsp3) is 0.571. The molecule has 0 unspecified atom stereocenters. The van der Waals surface area contributed by atoms with Gasteiger partial charge in [-0.05, 0) is 39.5 Å². The predicted octanol–water partition coefficient (Wildman–Crippen LogP) is 4.79.